The minimum absolute atomic E-state index is 0.693. The van der Waals surface area contributed by atoms with Gasteiger partial charge in [-0.15, -0.1) is 11.3 Å². The van der Waals surface area contributed by atoms with Crippen LogP contribution in [-0.4, -0.2) is 15.0 Å². The lowest BCUT2D eigenvalue weighted by molar-refractivity contribution is 1.08. The van der Waals surface area contributed by atoms with Gasteiger partial charge in [-0.3, -0.25) is 0 Å². The van der Waals surface area contributed by atoms with E-state index < -0.39 is 0 Å². The number of anilines is 1. The van der Waals surface area contributed by atoms with Crippen LogP contribution in [0.4, 0.5) is 5.82 Å². The third-order valence-electron chi connectivity index (χ3n) is 4.98. The van der Waals surface area contributed by atoms with Crippen LogP contribution >= 0.6 is 11.3 Å². The molecule has 0 saturated heterocycles. The molecule has 5 aromatic rings. The first kappa shape index (κ1) is 19.2. The van der Waals surface area contributed by atoms with Gasteiger partial charge in [-0.25, -0.2) is 15.0 Å². The lowest BCUT2D eigenvalue weighted by Gasteiger charge is -2.08. The Labute approximate surface area is 185 Å². The summed E-state index contributed by atoms with van der Waals surface area (Å²) in [6, 6.07) is 30.9. The fourth-order valence-corrected chi connectivity index (χ4v) is 4.16. The summed E-state index contributed by atoms with van der Waals surface area (Å²) in [6.45, 7) is 0.693. The van der Waals surface area contributed by atoms with Gasteiger partial charge < -0.3 is 5.32 Å². The summed E-state index contributed by atoms with van der Waals surface area (Å²) >= 11 is 1.67. The molecule has 2 heterocycles. The Kier molecular flexibility index (Phi) is 5.50. The Hall–Kier alpha value is -3.83. The standard InChI is InChI=1S/C26H20N4S/c1-3-7-20(8-4-1)23-15-25(29-18-28-23)27-16-19-11-13-22(14-12-19)26-30-24(17-31-26)21-9-5-2-6-10-21/h1-15,17-18H,16H2,(H,27,28,29). The van der Waals surface area contributed by atoms with Crippen molar-refractivity contribution in [1.29, 1.82) is 0 Å². The Morgan fingerprint density at radius 3 is 2.06 bits per heavy atom. The van der Waals surface area contributed by atoms with Crippen molar-refractivity contribution in [2.75, 3.05) is 5.32 Å². The van der Waals surface area contributed by atoms with E-state index in [1.165, 1.54) is 5.56 Å². The summed E-state index contributed by atoms with van der Waals surface area (Å²) in [7, 11) is 0. The lowest BCUT2D eigenvalue weighted by Crippen LogP contribution is -2.02. The van der Waals surface area contributed by atoms with Gasteiger partial charge in [-0.1, -0.05) is 84.9 Å². The van der Waals surface area contributed by atoms with Gasteiger partial charge >= 0.3 is 0 Å². The zero-order chi connectivity index (χ0) is 20.9. The van der Waals surface area contributed by atoms with Gasteiger partial charge in [0.05, 0.1) is 11.4 Å². The van der Waals surface area contributed by atoms with Crippen LogP contribution in [-0.2, 0) is 6.54 Å². The van der Waals surface area contributed by atoms with Crippen molar-refractivity contribution < 1.29 is 0 Å². The van der Waals surface area contributed by atoms with E-state index in [1.54, 1.807) is 17.7 Å². The topological polar surface area (TPSA) is 50.7 Å². The molecular formula is C26H20N4S. The maximum atomic E-state index is 4.80. The van der Waals surface area contributed by atoms with Gasteiger partial charge in [0.15, 0.2) is 0 Å². The molecule has 0 spiro atoms. The van der Waals surface area contributed by atoms with Crippen LogP contribution in [0.2, 0.25) is 0 Å². The molecule has 0 amide bonds. The largest absolute Gasteiger partial charge is 0.366 e. The molecule has 0 radical (unpaired) electrons. The second-order valence-electron chi connectivity index (χ2n) is 7.11. The number of nitrogens with zero attached hydrogens (tertiary/aromatic N) is 3. The fourth-order valence-electron chi connectivity index (χ4n) is 3.33. The Morgan fingerprint density at radius 2 is 1.35 bits per heavy atom. The van der Waals surface area contributed by atoms with Crippen molar-refractivity contribution in [3.63, 3.8) is 0 Å². The Balaban J connectivity index is 1.26. The summed E-state index contributed by atoms with van der Waals surface area (Å²) in [4.78, 5) is 13.5. The van der Waals surface area contributed by atoms with Crippen LogP contribution < -0.4 is 5.32 Å². The molecule has 150 valence electrons. The van der Waals surface area contributed by atoms with Gasteiger partial charge in [-0.2, -0.15) is 0 Å². The van der Waals surface area contributed by atoms with Gasteiger partial charge in [0.25, 0.3) is 0 Å². The molecule has 3 aromatic carbocycles. The average Bonchev–Trinajstić information content (AvgIpc) is 3.35. The van der Waals surface area contributed by atoms with Crippen molar-refractivity contribution in [2.45, 2.75) is 6.54 Å². The number of hydrogen-bond donors (Lipinski definition) is 1. The number of nitrogens with one attached hydrogen (secondary N) is 1. The zero-order valence-corrected chi connectivity index (χ0v) is 17.6. The molecule has 0 unspecified atom stereocenters. The van der Waals surface area contributed by atoms with Crippen molar-refractivity contribution in [2.24, 2.45) is 0 Å². The second kappa shape index (κ2) is 8.90. The lowest BCUT2D eigenvalue weighted by atomic mass is 10.1. The molecule has 0 fully saturated rings. The third-order valence-corrected chi connectivity index (χ3v) is 5.88. The summed E-state index contributed by atoms with van der Waals surface area (Å²) in [5.74, 6) is 0.811. The van der Waals surface area contributed by atoms with Gasteiger partial charge in [0.2, 0.25) is 0 Å². The predicted molar refractivity (Wildman–Crippen MR) is 128 cm³/mol. The van der Waals surface area contributed by atoms with E-state index in [2.05, 4.69) is 57.1 Å². The minimum Gasteiger partial charge on any atom is -0.366 e. The predicted octanol–water partition coefficient (Wildman–Crippen LogP) is 6.55. The number of thiazole rings is 1. The highest BCUT2D eigenvalue weighted by atomic mass is 32.1. The number of rotatable bonds is 6. The van der Waals surface area contributed by atoms with Crippen LogP contribution in [0.1, 0.15) is 5.56 Å². The third kappa shape index (κ3) is 4.52. The summed E-state index contributed by atoms with van der Waals surface area (Å²) in [6.07, 6.45) is 1.60. The second-order valence-corrected chi connectivity index (χ2v) is 7.97. The normalized spacial score (nSPS) is 10.7. The molecule has 4 nitrogen and oxygen atoms in total. The van der Waals surface area contributed by atoms with Crippen molar-refractivity contribution in [3.05, 3.63) is 108 Å². The number of aromatic nitrogens is 3. The molecule has 1 N–H and O–H groups in total. The minimum atomic E-state index is 0.693. The van der Waals surface area contributed by atoms with E-state index in [0.717, 1.165) is 38.9 Å². The van der Waals surface area contributed by atoms with Gasteiger partial charge in [-0.05, 0) is 5.56 Å². The first-order valence-corrected chi connectivity index (χ1v) is 10.9. The molecule has 0 bridgehead atoms. The number of hydrogen-bond acceptors (Lipinski definition) is 5. The number of benzene rings is 3. The highest BCUT2D eigenvalue weighted by Gasteiger charge is 2.07. The zero-order valence-electron chi connectivity index (χ0n) is 16.8. The monoisotopic (exact) mass is 420 g/mol. The van der Waals surface area contributed by atoms with Crippen molar-refractivity contribution >= 4 is 17.2 Å². The van der Waals surface area contributed by atoms with E-state index in [0.29, 0.717) is 6.54 Å². The van der Waals surface area contributed by atoms with Crippen LogP contribution in [0.5, 0.6) is 0 Å². The molecule has 0 aliphatic rings. The molecular weight excluding hydrogens is 400 g/mol. The molecule has 0 aliphatic heterocycles. The molecule has 0 aliphatic carbocycles. The van der Waals surface area contributed by atoms with E-state index >= 15 is 0 Å². The maximum Gasteiger partial charge on any atom is 0.130 e. The van der Waals surface area contributed by atoms with E-state index in [1.807, 2.05) is 54.6 Å². The SMILES string of the molecule is c1ccc(-c2cc(NCc3ccc(-c4nc(-c5ccccc5)cs4)cc3)ncn2)cc1. The van der Waals surface area contributed by atoms with Gasteiger partial charge in [0.1, 0.15) is 17.2 Å². The first-order valence-electron chi connectivity index (χ1n) is 10.1. The quantitative estimate of drug-likeness (QED) is 0.339. The summed E-state index contributed by atoms with van der Waals surface area (Å²) in [5.41, 5.74) is 6.46. The molecule has 31 heavy (non-hydrogen) atoms. The Bertz CT molecular complexity index is 1270. The van der Waals surface area contributed by atoms with Crippen molar-refractivity contribution in [3.8, 4) is 33.1 Å². The smallest absolute Gasteiger partial charge is 0.130 e. The van der Waals surface area contributed by atoms with Crippen LogP contribution in [0.3, 0.4) is 0 Å². The average molecular weight is 421 g/mol. The van der Waals surface area contributed by atoms with E-state index in [4.69, 9.17) is 4.98 Å². The highest BCUT2D eigenvalue weighted by Crippen LogP contribution is 2.29. The summed E-state index contributed by atoms with van der Waals surface area (Å²) < 4.78 is 0. The van der Waals surface area contributed by atoms with Crippen LogP contribution in [0.25, 0.3) is 33.1 Å². The van der Waals surface area contributed by atoms with E-state index in [-0.39, 0.29) is 0 Å². The van der Waals surface area contributed by atoms with E-state index in [9.17, 15) is 0 Å². The fraction of sp³-hybridized carbons (Fsp3) is 0.0385. The molecule has 5 rings (SSSR count). The van der Waals surface area contributed by atoms with Gasteiger partial charge in [0, 0.05) is 34.7 Å². The van der Waals surface area contributed by atoms with Crippen LogP contribution in [0, 0.1) is 0 Å². The highest BCUT2D eigenvalue weighted by molar-refractivity contribution is 7.13. The molecule has 5 heteroatoms. The molecule has 2 aromatic heterocycles. The van der Waals surface area contributed by atoms with Crippen LogP contribution in [0.15, 0.2) is 103 Å². The summed E-state index contributed by atoms with van der Waals surface area (Å²) in [5, 5.41) is 6.53. The van der Waals surface area contributed by atoms with Crippen molar-refractivity contribution in [1.82, 2.24) is 15.0 Å². The molecule has 0 atom stereocenters. The first-order chi connectivity index (χ1) is 15.3. The molecule has 0 saturated carbocycles. The maximum absolute atomic E-state index is 4.80. The Morgan fingerprint density at radius 1 is 0.677 bits per heavy atom.